The van der Waals surface area contributed by atoms with E-state index in [-0.39, 0.29) is 17.0 Å². The van der Waals surface area contributed by atoms with Crippen LogP contribution in [0.15, 0.2) is 35.0 Å². The number of non-ortho nitro benzene ring substituents is 2. The minimum Gasteiger partial charge on any atom is -0.393 e. The van der Waals surface area contributed by atoms with Crippen LogP contribution in [0.1, 0.15) is 62.2 Å². The maximum Gasteiger partial charge on any atom is 0.737 e. The van der Waals surface area contributed by atoms with Crippen molar-refractivity contribution in [2.45, 2.75) is 54.4 Å². The van der Waals surface area contributed by atoms with E-state index in [0.717, 1.165) is 26.2 Å². The molecule has 0 unspecified atom stereocenters. The zero-order valence-corrected chi connectivity index (χ0v) is 19.9. The summed E-state index contributed by atoms with van der Waals surface area (Å²) < 4.78 is 34.5. The van der Waals surface area contributed by atoms with Crippen molar-refractivity contribution in [3.8, 4) is 0 Å². The summed E-state index contributed by atoms with van der Waals surface area (Å²) in [5, 5.41) is 23.2. The van der Waals surface area contributed by atoms with Gasteiger partial charge in [0.15, 0.2) is 5.70 Å². The van der Waals surface area contributed by atoms with E-state index in [9.17, 15) is 20.2 Å². The van der Waals surface area contributed by atoms with E-state index < -0.39 is 28.2 Å². The van der Waals surface area contributed by atoms with Crippen LogP contribution in [0.2, 0.25) is 0 Å². The van der Waals surface area contributed by atoms with Crippen LogP contribution in [0, 0.1) is 34.1 Å². The van der Waals surface area contributed by atoms with E-state index in [1.807, 2.05) is 13.8 Å². The number of hydrogen-bond donors (Lipinski definition) is 0. The van der Waals surface area contributed by atoms with Crippen molar-refractivity contribution in [2.75, 3.05) is 0 Å². The van der Waals surface area contributed by atoms with Crippen LogP contribution in [0.25, 0.3) is 5.57 Å². The summed E-state index contributed by atoms with van der Waals surface area (Å²) in [5.41, 5.74) is 3.77. The molecule has 0 aliphatic carbocycles. The Labute approximate surface area is 195 Å². The first-order valence-corrected chi connectivity index (χ1v) is 11.1. The summed E-state index contributed by atoms with van der Waals surface area (Å²) in [4.78, 5) is 21.8. The third kappa shape index (κ3) is 2.99. The van der Waals surface area contributed by atoms with Crippen LogP contribution in [0.3, 0.4) is 0 Å². The van der Waals surface area contributed by atoms with Crippen LogP contribution in [-0.4, -0.2) is 31.5 Å². The number of nitro groups is 2. The molecule has 0 spiro atoms. The Morgan fingerprint density at radius 1 is 0.971 bits per heavy atom. The molecule has 0 saturated carbocycles. The van der Waals surface area contributed by atoms with Gasteiger partial charge in [0.2, 0.25) is 0 Å². The summed E-state index contributed by atoms with van der Waals surface area (Å²) in [6, 6.07) is 3.34. The lowest BCUT2D eigenvalue weighted by molar-refractivity contribution is -0.394. The molecule has 2 aliphatic heterocycles. The average molecular weight is 470 g/mol. The van der Waals surface area contributed by atoms with Gasteiger partial charge in [-0.05, 0) is 50.4 Å². The second-order valence-corrected chi connectivity index (χ2v) is 8.74. The van der Waals surface area contributed by atoms with Gasteiger partial charge in [-0.3, -0.25) is 20.2 Å². The topological polar surface area (TPSA) is 94.2 Å². The predicted octanol–water partition coefficient (Wildman–Crippen LogP) is 5.69. The second-order valence-electron chi connectivity index (χ2n) is 8.74. The Balaban J connectivity index is 2.26. The third-order valence-corrected chi connectivity index (χ3v) is 7.11. The number of fused-ring (bicyclic) bond motifs is 2. The number of hydrogen-bond acceptors (Lipinski definition) is 4. The molecule has 2 aliphatic rings. The SMILES string of the molecule is CCC1=C(C)C2=C(c3cc([N+](=O)[O-])cc([N+](=O)[O-])c3)c3c(C)c(CC)c(C)n3[B-](F)(F)[N+]2=C1C. The maximum atomic E-state index is 16.2. The zero-order valence-electron chi connectivity index (χ0n) is 19.9. The lowest BCUT2D eigenvalue weighted by Crippen LogP contribution is -2.51. The fourth-order valence-electron chi connectivity index (χ4n) is 5.70. The van der Waals surface area contributed by atoms with E-state index in [1.165, 1.54) is 12.1 Å². The highest BCUT2D eigenvalue weighted by atomic mass is 19.2. The first kappa shape index (κ1) is 23.5. The first-order chi connectivity index (χ1) is 15.9. The third-order valence-electron chi connectivity index (χ3n) is 7.11. The van der Waals surface area contributed by atoms with Gasteiger partial charge in [-0.15, -0.1) is 0 Å². The van der Waals surface area contributed by atoms with Crippen molar-refractivity contribution in [3.63, 3.8) is 0 Å². The largest absolute Gasteiger partial charge is 0.737 e. The smallest absolute Gasteiger partial charge is 0.393 e. The molecule has 34 heavy (non-hydrogen) atoms. The normalized spacial score (nSPS) is 16.8. The molecule has 0 bridgehead atoms. The molecule has 178 valence electrons. The van der Waals surface area contributed by atoms with Crippen LogP contribution in [-0.2, 0) is 6.42 Å². The van der Waals surface area contributed by atoms with Crippen LogP contribution >= 0.6 is 0 Å². The Morgan fingerprint density at radius 3 is 2.00 bits per heavy atom. The number of benzene rings is 1. The molecular formula is C23H25BF2N4O4. The van der Waals surface area contributed by atoms with Crippen LogP contribution in [0.4, 0.5) is 20.0 Å². The van der Waals surface area contributed by atoms with Gasteiger partial charge in [0.05, 0.1) is 21.5 Å². The van der Waals surface area contributed by atoms with Gasteiger partial charge in [0.1, 0.15) is 5.71 Å². The first-order valence-electron chi connectivity index (χ1n) is 11.1. The van der Waals surface area contributed by atoms with Gasteiger partial charge in [-0.2, -0.15) is 0 Å². The van der Waals surface area contributed by atoms with Crippen molar-refractivity contribution in [3.05, 3.63) is 83.3 Å². The summed E-state index contributed by atoms with van der Waals surface area (Å²) >= 11 is 0. The van der Waals surface area contributed by atoms with Gasteiger partial charge >= 0.3 is 6.97 Å². The quantitative estimate of drug-likeness (QED) is 0.319. The van der Waals surface area contributed by atoms with Crippen molar-refractivity contribution in [1.82, 2.24) is 4.48 Å². The second kappa shape index (κ2) is 7.71. The van der Waals surface area contributed by atoms with Gasteiger partial charge in [0.25, 0.3) is 11.4 Å². The van der Waals surface area contributed by atoms with Gasteiger partial charge < -0.3 is 17.6 Å². The Hall–Kier alpha value is -3.63. The number of rotatable bonds is 5. The molecule has 0 saturated heterocycles. The van der Waals surface area contributed by atoms with Crippen LogP contribution < -0.4 is 0 Å². The highest BCUT2D eigenvalue weighted by molar-refractivity contribution is 6.58. The molecule has 0 fully saturated rings. The molecule has 0 atom stereocenters. The molecular weight excluding hydrogens is 445 g/mol. The summed E-state index contributed by atoms with van der Waals surface area (Å²) in [6.07, 6.45) is 1.05. The molecule has 1 aromatic heterocycles. The standard InChI is InChI=1S/C23H25BF2N4O4/c1-7-19-12(3)22-21(16-9-17(29(31)32)11-18(10-16)30(33)34)23-13(4)20(8-2)15(6)28(23)24(25,26)27(22)14(19)5/h9-11H,7-8H2,1-6H3. The molecule has 0 amide bonds. The Morgan fingerprint density at radius 2 is 1.53 bits per heavy atom. The molecule has 3 heterocycles. The summed E-state index contributed by atoms with van der Waals surface area (Å²) in [6.45, 7) is 6.33. The highest BCUT2D eigenvalue weighted by Crippen LogP contribution is 2.47. The Bertz CT molecular complexity index is 1370. The monoisotopic (exact) mass is 470 g/mol. The van der Waals surface area contributed by atoms with Gasteiger partial charge in [0, 0.05) is 41.5 Å². The van der Waals surface area contributed by atoms with E-state index in [0.29, 0.717) is 41.0 Å². The van der Waals surface area contributed by atoms with E-state index in [2.05, 4.69) is 0 Å². The highest BCUT2D eigenvalue weighted by Gasteiger charge is 2.56. The lowest BCUT2D eigenvalue weighted by atomic mass is 9.83. The molecule has 8 nitrogen and oxygen atoms in total. The molecule has 4 rings (SSSR count). The van der Waals surface area contributed by atoms with Crippen molar-refractivity contribution >= 4 is 29.6 Å². The maximum absolute atomic E-state index is 16.2. The van der Waals surface area contributed by atoms with E-state index in [4.69, 9.17) is 0 Å². The van der Waals surface area contributed by atoms with E-state index in [1.54, 1.807) is 27.7 Å². The van der Waals surface area contributed by atoms with Crippen LogP contribution in [0.5, 0.6) is 0 Å². The van der Waals surface area contributed by atoms with E-state index >= 15 is 8.63 Å². The molecule has 2 aromatic rings. The van der Waals surface area contributed by atoms with Crippen molar-refractivity contribution < 1.29 is 23.0 Å². The fraction of sp³-hybridized carbons (Fsp3) is 0.348. The summed E-state index contributed by atoms with van der Waals surface area (Å²) in [5.74, 6) is 0. The van der Waals surface area contributed by atoms with Gasteiger partial charge in [-0.25, -0.2) is 0 Å². The lowest BCUT2D eigenvalue weighted by Gasteiger charge is -2.34. The molecule has 11 heteroatoms. The average Bonchev–Trinajstić information content (AvgIpc) is 3.18. The Kier molecular flexibility index (Phi) is 5.34. The number of nitro benzene ring substituents is 2. The minimum absolute atomic E-state index is 0.168. The number of allylic oxidation sites excluding steroid dienone is 2. The number of aromatic nitrogens is 1. The van der Waals surface area contributed by atoms with Crippen molar-refractivity contribution in [1.29, 1.82) is 0 Å². The zero-order chi connectivity index (χ0) is 25.3. The predicted molar refractivity (Wildman–Crippen MR) is 126 cm³/mol. The fourth-order valence-corrected chi connectivity index (χ4v) is 5.70. The molecule has 0 radical (unpaired) electrons. The number of halogens is 2. The van der Waals surface area contributed by atoms with Gasteiger partial charge in [-0.1, -0.05) is 13.8 Å². The summed E-state index contributed by atoms with van der Waals surface area (Å²) in [7, 11) is 0. The number of nitrogens with zero attached hydrogens (tertiary/aromatic N) is 4. The minimum atomic E-state index is -4.26. The molecule has 0 N–H and O–H groups in total. The van der Waals surface area contributed by atoms with Crippen molar-refractivity contribution in [2.24, 2.45) is 0 Å². The molecule has 1 aromatic carbocycles.